The van der Waals surface area contributed by atoms with Crippen molar-refractivity contribution in [3.8, 4) is 0 Å². The molecule has 2 amide bonds. The Morgan fingerprint density at radius 3 is 2.26 bits per heavy atom. The number of nitrogen functional groups attached to an aromatic ring is 2. The molecule has 0 aliphatic rings. The van der Waals surface area contributed by atoms with Gasteiger partial charge in [-0.05, 0) is 0 Å². The highest BCUT2D eigenvalue weighted by atomic mass is 19.3. The van der Waals surface area contributed by atoms with E-state index in [4.69, 9.17) is 16.9 Å². The first-order valence-corrected chi connectivity index (χ1v) is 7.56. The quantitative estimate of drug-likeness (QED) is 0.295. The van der Waals surface area contributed by atoms with Crippen LogP contribution in [0.3, 0.4) is 0 Å². The summed E-state index contributed by atoms with van der Waals surface area (Å²) in [5.74, 6) is -2.01. The number of hydrogen-bond donors (Lipinski definition) is 5. The van der Waals surface area contributed by atoms with Crippen LogP contribution in [-0.2, 0) is 4.74 Å². The summed E-state index contributed by atoms with van der Waals surface area (Å²) in [4.78, 5) is 14.9. The van der Waals surface area contributed by atoms with E-state index in [1.807, 2.05) is 41.7 Å². The number of pyridine rings is 1. The van der Waals surface area contributed by atoms with Crippen molar-refractivity contribution in [1.29, 1.82) is 5.41 Å². The summed E-state index contributed by atoms with van der Waals surface area (Å²) in [6.45, 7) is -3.56. The minimum absolute atomic E-state index is 0.108. The normalized spacial score (nSPS) is 9.93. The predicted molar refractivity (Wildman–Crippen MR) is 95.0 cm³/mol. The highest BCUT2D eigenvalue weighted by Crippen LogP contribution is 2.21. The molecule has 0 aliphatic heterocycles. The van der Waals surface area contributed by atoms with Crippen molar-refractivity contribution in [3.05, 3.63) is 54.0 Å². The number of amidine groups is 1. The number of anilines is 2. The molecule has 0 aliphatic carbocycles. The van der Waals surface area contributed by atoms with Gasteiger partial charge in [0.05, 0.1) is 17.9 Å². The molecule has 0 saturated carbocycles. The molecule has 7 N–H and O–H groups in total. The zero-order valence-corrected chi connectivity index (χ0v) is 14.1. The van der Waals surface area contributed by atoms with Crippen molar-refractivity contribution in [2.24, 2.45) is 5.73 Å². The van der Waals surface area contributed by atoms with Crippen LogP contribution in [0.2, 0.25) is 0 Å². The molecule has 8 nitrogen and oxygen atoms in total. The molecule has 27 heavy (non-hydrogen) atoms. The van der Waals surface area contributed by atoms with Crippen LogP contribution in [0, 0.1) is 11.2 Å². The van der Waals surface area contributed by atoms with Gasteiger partial charge in [0.1, 0.15) is 5.84 Å². The van der Waals surface area contributed by atoms with E-state index in [0.29, 0.717) is 0 Å². The number of aromatic nitrogens is 1. The largest absolute Gasteiger partial charge is 0.396 e. The van der Waals surface area contributed by atoms with E-state index in [2.05, 4.69) is 15.0 Å². The first kappa shape index (κ1) is 21.7. The SMILES string of the molecule is N=C(N)c1cnc(NC(=O)NCCOC(F)F)c(F)c1N.c1ccccc1. The topological polar surface area (TPSA) is 139 Å². The van der Waals surface area contributed by atoms with Crippen LogP contribution < -0.4 is 22.1 Å². The van der Waals surface area contributed by atoms with Crippen molar-refractivity contribution in [1.82, 2.24) is 10.3 Å². The number of alkyl halides is 2. The smallest absolute Gasteiger partial charge is 0.345 e. The van der Waals surface area contributed by atoms with Gasteiger partial charge in [0.15, 0.2) is 11.6 Å². The fourth-order valence-electron chi connectivity index (χ4n) is 1.65. The van der Waals surface area contributed by atoms with Crippen LogP contribution in [0.4, 0.5) is 29.5 Å². The van der Waals surface area contributed by atoms with E-state index < -0.39 is 42.4 Å². The summed E-state index contributed by atoms with van der Waals surface area (Å²) >= 11 is 0. The van der Waals surface area contributed by atoms with E-state index in [1.165, 1.54) is 0 Å². The number of urea groups is 1. The molecule has 0 fully saturated rings. The molecular weight excluding hydrogens is 365 g/mol. The summed E-state index contributed by atoms with van der Waals surface area (Å²) in [5, 5.41) is 11.3. The molecule has 0 unspecified atom stereocenters. The number of carbonyl (C=O) groups excluding carboxylic acids is 1. The van der Waals surface area contributed by atoms with Gasteiger partial charge in [-0.2, -0.15) is 8.78 Å². The Morgan fingerprint density at radius 1 is 1.22 bits per heavy atom. The second-order valence-electron chi connectivity index (χ2n) is 4.83. The second-order valence-corrected chi connectivity index (χ2v) is 4.83. The molecule has 2 aromatic rings. The van der Waals surface area contributed by atoms with E-state index in [-0.39, 0.29) is 12.1 Å². The van der Waals surface area contributed by atoms with Crippen LogP contribution >= 0.6 is 0 Å². The molecule has 0 saturated heterocycles. The zero-order valence-electron chi connectivity index (χ0n) is 14.1. The molecular formula is C16H19F3N6O2. The van der Waals surface area contributed by atoms with Gasteiger partial charge in [-0.1, -0.05) is 36.4 Å². The van der Waals surface area contributed by atoms with Gasteiger partial charge in [-0.15, -0.1) is 0 Å². The molecule has 1 heterocycles. The van der Waals surface area contributed by atoms with Crippen molar-refractivity contribution >= 4 is 23.4 Å². The summed E-state index contributed by atoms with van der Waals surface area (Å²) in [6.07, 6.45) is 1.02. The lowest BCUT2D eigenvalue weighted by atomic mass is 10.2. The van der Waals surface area contributed by atoms with Gasteiger partial charge in [0.25, 0.3) is 0 Å². The van der Waals surface area contributed by atoms with Crippen molar-refractivity contribution < 1.29 is 22.7 Å². The third-order valence-corrected chi connectivity index (χ3v) is 2.88. The van der Waals surface area contributed by atoms with Crippen molar-refractivity contribution in [2.45, 2.75) is 6.61 Å². The summed E-state index contributed by atoms with van der Waals surface area (Å²) < 4.78 is 41.0. The molecule has 11 heteroatoms. The van der Waals surface area contributed by atoms with E-state index in [0.717, 1.165) is 6.20 Å². The van der Waals surface area contributed by atoms with Gasteiger partial charge >= 0.3 is 12.6 Å². The van der Waals surface area contributed by atoms with Gasteiger partial charge in [0.2, 0.25) is 0 Å². The number of nitrogens with one attached hydrogen (secondary N) is 3. The number of rotatable bonds is 6. The average molecular weight is 384 g/mol. The number of carbonyl (C=O) groups is 1. The molecule has 0 radical (unpaired) electrons. The van der Waals surface area contributed by atoms with Crippen LogP contribution in [0.25, 0.3) is 0 Å². The molecule has 146 valence electrons. The number of amides is 2. The molecule has 1 aromatic heterocycles. The lowest BCUT2D eigenvalue weighted by molar-refractivity contribution is -0.126. The van der Waals surface area contributed by atoms with E-state index in [1.54, 1.807) is 0 Å². The Labute approximate surface area is 153 Å². The summed E-state index contributed by atoms with van der Waals surface area (Å²) in [5.41, 5.74) is 10.0. The predicted octanol–water partition coefficient (Wildman–Crippen LogP) is 2.13. The van der Waals surface area contributed by atoms with Crippen LogP contribution in [0.5, 0.6) is 0 Å². The fourth-order valence-corrected chi connectivity index (χ4v) is 1.65. The lowest BCUT2D eigenvalue weighted by Crippen LogP contribution is -2.32. The molecule has 0 spiro atoms. The third kappa shape index (κ3) is 8.05. The van der Waals surface area contributed by atoms with Crippen LogP contribution in [0.1, 0.15) is 5.56 Å². The third-order valence-electron chi connectivity index (χ3n) is 2.88. The number of benzene rings is 1. The van der Waals surface area contributed by atoms with E-state index >= 15 is 0 Å². The Kier molecular flexibility index (Phi) is 9.09. The molecule has 1 aromatic carbocycles. The molecule has 0 bridgehead atoms. The molecule has 0 atom stereocenters. The number of hydrogen-bond acceptors (Lipinski definition) is 5. The average Bonchev–Trinajstić information content (AvgIpc) is 2.64. The maximum Gasteiger partial charge on any atom is 0.345 e. The Bertz CT molecular complexity index is 720. The Hall–Kier alpha value is -3.34. The maximum atomic E-state index is 13.8. The van der Waals surface area contributed by atoms with Crippen LogP contribution in [-0.4, -0.2) is 36.6 Å². The maximum absolute atomic E-state index is 13.8. The summed E-state index contributed by atoms with van der Waals surface area (Å²) in [6, 6.07) is 11.1. The summed E-state index contributed by atoms with van der Waals surface area (Å²) in [7, 11) is 0. The Balaban J connectivity index is 0.000000511. The first-order valence-electron chi connectivity index (χ1n) is 7.56. The van der Waals surface area contributed by atoms with Crippen molar-refractivity contribution in [3.63, 3.8) is 0 Å². The number of nitrogens with zero attached hydrogens (tertiary/aromatic N) is 1. The van der Waals surface area contributed by atoms with Gasteiger partial charge in [0, 0.05) is 12.7 Å². The monoisotopic (exact) mass is 384 g/mol. The number of nitrogens with two attached hydrogens (primary N) is 2. The number of ether oxygens (including phenoxy) is 1. The van der Waals surface area contributed by atoms with E-state index in [9.17, 15) is 18.0 Å². The van der Waals surface area contributed by atoms with Crippen LogP contribution in [0.15, 0.2) is 42.6 Å². The highest BCUT2D eigenvalue weighted by molar-refractivity contribution is 6.00. The van der Waals surface area contributed by atoms with Gasteiger partial charge in [-0.25, -0.2) is 14.2 Å². The first-order chi connectivity index (χ1) is 12.8. The fraction of sp³-hybridized carbons (Fsp3) is 0.188. The van der Waals surface area contributed by atoms with Gasteiger partial charge < -0.3 is 21.5 Å². The second kappa shape index (κ2) is 11.3. The zero-order chi connectivity index (χ0) is 20.2. The van der Waals surface area contributed by atoms with Gasteiger partial charge in [-0.3, -0.25) is 10.7 Å². The lowest BCUT2D eigenvalue weighted by Gasteiger charge is -2.10. The highest BCUT2D eigenvalue weighted by Gasteiger charge is 2.15. The minimum Gasteiger partial charge on any atom is -0.396 e. The van der Waals surface area contributed by atoms with Crippen molar-refractivity contribution in [2.75, 3.05) is 24.2 Å². The minimum atomic E-state index is -2.94. The Morgan fingerprint density at radius 2 is 1.78 bits per heavy atom. The molecule has 2 rings (SSSR count). The number of halogens is 3. The standard InChI is InChI=1S/C10H13F3N6O2.C6H6/c11-5-6(14)4(7(15)16)3-18-8(5)19-10(20)17-1-2-21-9(12)13;1-2-4-6-5-3-1/h3,9H,1-2H2,(H3,15,16)(H4,14,17,18,19,20);1-6H.